The number of aromatic carboxylic acids is 2. The van der Waals surface area contributed by atoms with Gasteiger partial charge in [-0.1, -0.05) is 0 Å². The van der Waals surface area contributed by atoms with Crippen LogP contribution in [0.1, 0.15) is 54.4 Å². The highest BCUT2D eigenvalue weighted by Crippen LogP contribution is 2.26. The lowest BCUT2D eigenvalue weighted by molar-refractivity contribution is -0.102. The normalized spacial score (nSPS) is 10.7. The van der Waals surface area contributed by atoms with Gasteiger partial charge in [-0.2, -0.15) is 10.2 Å². The fourth-order valence-electron chi connectivity index (χ4n) is 5.09. The number of carbonyl (C=O) groups excluding carboxylic acids is 2. The number of anilines is 2. The Morgan fingerprint density at radius 1 is 0.815 bits per heavy atom. The Morgan fingerprint density at radius 3 is 1.91 bits per heavy atom. The second-order valence-electron chi connectivity index (χ2n) is 11.5. The van der Waals surface area contributed by atoms with Crippen molar-refractivity contribution in [3.63, 3.8) is 0 Å². The molecule has 0 atom stereocenters. The number of carboxylic acid groups (broad SMARTS) is 2. The molecule has 16 nitrogen and oxygen atoms in total. The second-order valence-corrected chi connectivity index (χ2v) is 11.5. The molecular weight excluding hydrogens is 706 g/mol. The number of aryl methyl sites for hydroxylation is 4. The van der Waals surface area contributed by atoms with E-state index in [4.69, 9.17) is 10.8 Å². The molecule has 18 heteroatoms. The average Bonchev–Trinajstić information content (AvgIpc) is 3.79. The maximum absolute atomic E-state index is 14.8. The number of nitrogens with one attached hydrogen (secondary N) is 4. The van der Waals surface area contributed by atoms with Gasteiger partial charge in [0.25, 0.3) is 5.91 Å². The van der Waals surface area contributed by atoms with Crippen molar-refractivity contribution < 1.29 is 38.2 Å². The average molecular weight is 741 g/mol. The highest BCUT2D eigenvalue weighted by atomic mass is 19.1. The van der Waals surface area contributed by atoms with Gasteiger partial charge in [0.2, 0.25) is 0 Å². The number of amides is 1. The molecule has 0 fully saturated rings. The summed E-state index contributed by atoms with van der Waals surface area (Å²) in [5.74, 6) is -4.97. The smallest absolute Gasteiger partial charge is 0.337 e. The number of aromatic nitrogens is 6. The van der Waals surface area contributed by atoms with Crippen LogP contribution in [0.25, 0.3) is 11.4 Å². The van der Waals surface area contributed by atoms with Gasteiger partial charge in [0, 0.05) is 39.2 Å². The molecule has 278 valence electrons. The lowest BCUT2D eigenvalue weighted by Crippen LogP contribution is -2.17. The Labute approximate surface area is 306 Å². The monoisotopic (exact) mass is 740 g/mol. The fraction of sp³-hybridized carbons (Fsp3) is 0.167. The van der Waals surface area contributed by atoms with Crippen LogP contribution in [0, 0.1) is 22.5 Å². The van der Waals surface area contributed by atoms with Crippen molar-refractivity contribution in [3.05, 3.63) is 118 Å². The van der Waals surface area contributed by atoms with Crippen molar-refractivity contribution in [3.8, 4) is 11.4 Å². The molecule has 0 bridgehead atoms. The zero-order chi connectivity index (χ0) is 39.5. The summed E-state index contributed by atoms with van der Waals surface area (Å²) in [5.41, 5.74) is 1.54. The number of nitrogens with zero attached hydrogens (tertiary/aromatic N) is 6. The van der Waals surface area contributed by atoms with Crippen molar-refractivity contribution in [1.29, 1.82) is 10.8 Å². The number of carbonyl (C=O) groups is 4. The minimum atomic E-state index is -1.45. The Kier molecular flexibility index (Phi) is 13.0. The van der Waals surface area contributed by atoms with Crippen LogP contribution in [-0.2, 0) is 31.7 Å². The van der Waals surface area contributed by atoms with Crippen molar-refractivity contribution in [2.45, 2.75) is 19.3 Å². The summed E-state index contributed by atoms with van der Waals surface area (Å²) in [6, 6.07) is 10.7. The van der Waals surface area contributed by atoms with Crippen LogP contribution in [0.3, 0.4) is 0 Å². The van der Waals surface area contributed by atoms with Crippen molar-refractivity contribution in [2.24, 2.45) is 14.1 Å². The number of hydrogen-bond donors (Lipinski definition) is 6. The SMILES string of the molecule is CNc1cc(CCCc2cc(NC(=O)c3ccc(-c4ccnn4C)nn3)c(C(=O)O)cc2F)c(F)cc1C(=O)O.Cn1nccc1C(=N)/C=C\C(=N)C=O. The predicted octanol–water partition coefficient (Wildman–Crippen LogP) is 4.58. The molecule has 3 aromatic heterocycles. The van der Waals surface area contributed by atoms with E-state index < -0.39 is 35.0 Å². The van der Waals surface area contributed by atoms with Gasteiger partial charge in [-0.15, -0.1) is 10.2 Å². The van der Waals surface area contributed by atoms with Gasteiger partial charge >= 0.3 is 11.9 Å². The molecule has 5 aromatic rings. The molecule has 5 rings (SSSR count). The summed E-state index contributed by atoms with van der Waals surface area (Å²) in [4.78, 5) is 46.0. The minimum Gasteiger partial charge on any atom is -0.478 e. The zero-order valence-corrected chi connectivity index (χ0v) is 29.1. The summed E-state index contributed by atoms with van der Waals surface area (Å²) >= 11 is 0. The number of rotatable bonds is 14. The number of carboxylic acids is 2. The van der Waals surface area contributed by atoms with Crippen LogP contribution >= 0.6 is 0 Å². The fourth-order valence-corrected chi connectivity index (χ4v) is 5.09. The first-order valence-electron chi connectivity index (χ1n) is 15.9. The molecule has 0 spiro atoms. The van der Waals surface area contributed by atoms with Crippen LogP contribution in [0.2, 0.25) is 0 Å². The highest BCUT2D eigenvalue weighted by molar-refractivity contribution is 6.33. The van der Waals surface area contributed by atoms with Crippen molar-refractivity contribution in [1.82, 2.24) is 29.8 Å². The van der Waals surface area contributed by atoms with Gasteiger partial charge in [0.05, 0.1) is 39.6 Å². The summed E-state index contributed by atoms with van der Waals surface area (Å²) in [6.07, 6.45) is 6.77. The van der Waals surface area contributed by atoms with E-state index in [2.05, 4.69) is 31.0 Å². The number of hydrogen-bond acceptors (Lipinski definition) is 11. The lowest BCUT2D eigenvalue weighted by Gasteiger charge is -2.13. The Hall–Kier alpha value is -7.24. The van der Waals surface area contributed by atoms with Crippen LogP contribution in [0.4, 0.5) is 20.2 Å². The molecule has 3 heterocycles. The number of allylic oxidation sites excluding steroid dienone is 2. The molecule has 6 N–H and O–H groups in total. The molecule has 0 saturated carbocycles. The van der Waals surface area contributed by atoms with Crippen molar-refractivity contribution >= 4 is 46.9 Å². The Morgan fingerprint density at radius 2 is 1.41 bits per heavy atom. The quantitative estimate of drug-likeness (QED) is 0.0680. The van der Waals surface area contributed by atoms with Gasteiger partial charge in [-0.25, -0.2) is 18.4 Å². The molecule has 0 aliphatic heterocycles. The van der Waals surface area contributed by atoms with E-state index in [1.165, 1.54) is 37.4 Å². The Bertz CT molecular complexity index is 2260. The Balaban J connectivity index is 0.000000390. The number of benzene rings is 2. The summed E-state index contributed by atoms with van der Waals surface area (Å²) in [7, 11) is 4.96. The van der Waals surface area contributed by atoms with E-state index in [9.17, 15) is 38.2 Å². The minimum absolute atomic E-state index is 0.0861. The van der Waals surface area contributed by atoms with Crippen molar-refractivity contribution in [2.75, 3.05) is 17.7 Å². The maximum atomic E-state index is 14.8. The van der Waals surface area contributed by atoms with Gasteiger partial charge in [-0.3, -0.25) is 29.8 Å². The van der Waals surface area contributed by atoms with E-state index >= 15 is 0 Å². The summed E-state index contributed by atoms with van der Waals surface area (Å²) < 4.78 is 32.4. The van der Waals surface area contributed by atoms with Gasteiger partial charge in [0.1, 0.15) is 17.3 Å². The number of halogens is 2. The third kappa shape index (κ3) is 9.75. The molecule has 2 aromatic carbocycles. The molecule has 0 unspecified atom stereocenters. The molecule has 0 saturated heterocycles. The van der Waals surface area contributed by atoms with Crippen LogP contribution < -0.4 is 10.6 Å². The first-order chi connectivity index (χ1) is 25.7. The van der Waals surface area contributed by atoms with Crippen LogP contribution in [-0.4, -0.2) is 82.6 Å². The maximum Gasteiger partial charge on any atom is 0.337 e. The van der Waals surface area contributed by atoms with Crippen LogP contribution in [0.5, 0.6) is 0 Å². The van der Waals surface area contributed by atoms with E-state index in [0.29, 0.717) is 23.4 Å². The third-order valence-corrected chi connectivity index (χ3v) is 7.88. The summed E-state index contributed by atoms with van der Waals surface area (Å²) in [5, 5.41) is 54.5. The molecule has 0 radical (unpaired) electrons. The molecule has 0 aliphatic rings. The number of aldehydes is 1. The lowest BCUT2D eigenvalue weighted by atomic mass is 9.99. The zero-order valence-electron chi connectivity index (χ0n) is 29.1. The first kappa shape index (κ1) is 39.5. The third-order valence-electron chi connectivity index (χ3n) is 7.88. The van der Waals surface area contributed by atoms with Gasteiger partial charge < -0.3 is 20.8 Å². The largest absolute Gasteiger partial charge is 0.478 e. The molecular formula is C36H34F2N10O6. The summed E-state index contributed by atoms with van der Waals surface area (Å²) in [6.45, 7) is 0. The first-order valence-corrected chi connectivity index (χ1v) is 15.9. The predicted molar refractivity (Wildman–Crippen MR) is 193 cm³/mol. The highest BCUT2D eigenvalue weighted by Gasteiger charge is 2.20. The van der Waals surface area contributed by atoms with Crippen LogP contribution in [0.15, 0.2) is 73.1 Å². The van der Waals surface area contributed by atoms with E-state index in [0.717, 1.165) is 12.1 Å². The molecule has 54 heavy (non-hydrogen) atoms. The molecule has 1 amide bonds. The van der Waals surface area contributed by atoms with Gasteiger partial charge in [0.15, 0.2) is 12.0 Å². The van der Waals surface area contributed by atoms with E-state index in [-0.39, 0.29) is 64.4 Å². The molecule has 0 aliphatic carbocycles. The second kappa shape index (κ2) is 17.8. The standard InChI is InChI=1S/C27H24F2N6O5.C9H10N4O/c1-30-22-10-14(18(28)12-16(22)26(37)38)4-3-5-15-11-23(17(27(39)40)13-19(15)29)32-25(36)21-7-6-20(33-34-21)24-8-9-31-35(24)2;1-13-9(4-5-12-13)8(11)3-2-7(10)6-14/h6-13,30H,3-5H2,1-2H3,(H,32,36)(H,37,38)(H,39,40);2-6,10-11H,1H3/b;3-2-,10-7?,11-8?. The topological polar surface area (TPSA) is 242 Å². The van der Waals surface area contributed by atoms with Gasteiger partial charge in [-0.05, 0) is 91.1 Å². The van der Waals surface area contributed by atoms with E-state index in [1.54, 1.807) is 54.1 Å². The van der Waals surface area contributed by atoms with E-state index in [1.807, 2.05) is 0 Å².